The zero-order valence-corrected chi connectivity index (χ0v) is 12.6. The molecule has 1 atom stereocenters. The number of aliphatic hydroxyl groups is 1. The number of benzene rings is 2. The van der Waals surface area contributed by atoms with Crippen molar-refractivity contribution >= 4 is 10.8 Å². The molecule has 2 aliphatic carbocycles. The minimum Gasteiger partial charge on any atom is -0.388 e. The van der Waals surface area contributed by atoms with E-state index >= 15 is 0 Å². The van der Waals surface area contributed by atoms with Gasteiger partial charge in [0.25, 0.3) is 0 Å². The van der Waals surface area contributed by atoms with Crippen molar-refractivity contribution in [3.63, 3.8) is 0 Å². The van der Waals surface area contributed by atoms with Crippen LogP contribution in [0.25, 0.3) is 10.8 Å². The molecule has 2 aliphatic rings. The van der Waals surface area contributed by atoms with Crippen molar-refractivity contribution in [2.24, 2.45) is 0 Å². The van der Waals surface area contributed by atoms with Gasteiger partial charge in [-0.2, -0.15) is 0 Å². The summed E-state index contributed by atoms with van der Waals surface area (Å²) >= 11 is 0. The van der Waals surface area contributed by atoms with Crippen LogP contribution in [-0.2, 0) is 17.6 Å². The second kappa shape index (κ2) is 4.82. The number of ether oxygens (including phenoxy) is 1. The molecule has 0 radical (unpaired) electrons. The van der Waals surface area contributed by atoms with Crippen LogP contribution in [0.4, 0.5) is 0 Å². The summed E-state index contributed by atoms with van der Waals surface area (Å²) in [6, 6.07) is 10.8. The highest BCUT2D eigenvalue weighted by molar-refractivity contribution is 5.93. The normalized spacial score (nSPS) is 20.5. The van der Waals surface area contributed by atoms with Crippen LogP contribution < -0.4 is 0 Å². The van der Waals surface area contributed by atoms with E-state index in [-0.39, 0.29) is 5.60 Å². The summed E-state index contributed by atoms with van der Waals surface area (Å²) in [7, 11) is 1.78. The molecule has 2 nitrogen and oxygen atoms in total. The van der Waals surface area contributed by atoms with Gasteiger partial charge < -0.3 is 9.84 Å². The first-order chi connectivity index (χ1) is 10.2. The largest absolute Gasteiger partial charge is 0.388 e. The van der Waals surface area contributed by atoms with Gasteiger partial charge in [-0.1, -0.05) is 30.3 Å². The van der Waals surface area contributed by atoms with E-state index in [4.69, 9.17) is 4.74 Å². The van der Waals surface area contributed by atoms with Crippen LogP contribution in [0, 0.1) is 0 Å². The minimum absolute atomic E-state index is 0.0950. The number of hydrogen-bond donors (Lipinski definition) is 1. The lowest BCUT2D eigenvalue weighted by Crippen LogP contribution is -2.40. The van der Waals surface area contributed by atoms with Gasteiger partial charge in [0, 0.05) is 13.5 Å². The Hall–Kier alpha value is -1.38. The van der Waals surface area contributed by atoms with Gasteiger partial charge in [-0.3, -0.25) is 0 Å². The fourth-order valence-electron chi connectivity index (χ4n) is 4.08. The highest BCUT2D eigenvalue weighted by atomic mass is 16.5. The van der Waals surface area contributed by atoms with Gasteiger partial charge in [-0.25, -0.2) is 0 Å². The minimum atomic E-state index is -0.435. The number of aliphatic hydroxyl groups excluding tert-OH is 1. The lowest BCUT2D eigenvalue weighted by atomic mass is 9.75. The number of hydrogen-bond acceptors (Lipinski definition) is 2. The molecule has 0 bridgehead atoms. The second-order valence-electron chi connectivity index (χ2n) is 6.61. The van der Waals surface area contributed by atoms with Crippen molar-refractivity contribution in [2.45, 2.75) is 50.2 Å². The van der Waals surface area contributed by atoms with Gasteiger partial charge in [0.05, 0.1) is 11.7 Å². The lowest BCUT2D eigenvalue weighted by molar-refractivity contribution is -0.0997. The fourth-order valence-corrected chi connectivity index (χ4v) is 4.08. The predicted molar refractivity (Wildman–Crippen MR) is 84.5 cm³/mol. The summed E-state index contributed by atoms with van der Waals surface area (Å²) in [5, 5.41) is 13.4. The standard InChI is InChI=1S/C19H22O2/c1-21-19(10-3-11-19)12-17(20)15-9-8-14-7-6-13-4-2-5-16(15)18(13)14/h2,4-5,8-9,17,20H,3,6-7,10-12H2,1H3. The Balaban J connectivity index is 1.74. The molecule has 0 amide bonds. The third-order valence-electron chi connectivity index (χ3n) is 5.53. The summed E-state index contributed by atoms with van der Waals surface area (Å²) in [5.74, 6) is 0. The number of methoxy groups -OCH3 is 1. The Kier molecular flexibility index (Phi) is 3.05. The third-order valence-corrected chi connectivity index (χ3v) is 5.53. The molecular formula is C19H22O2. The number of rotatable bonds is 4. The first kappa shape index (κ1) is 13.3. The van der Waals surface area contributed by atoms with Crippen LogP contribution in [0.1, 0.15) is 48.5 Å². The maximum atomic E-state index is 10.8. The second-order valence-corrected chi connectivity index (χ2v) is 6.61. The number of aryl methyl sites for hydroxylation is 2. The maximum absolute atomic E-state index is 10.8. The van der Waals surface area contributed by atoms with Gasteiger partial charge in [0.1, 0.15) is 0 Å². The third kappa shape index (κ3) is 2.01. The van der Waals surface area contributed by atoms with Crippen LogP contribution in [0.3, 0.4) is 0 Å². The summed E-state index contributed by atoms with van der Waals surface area (Å²) in [6.45, 7) is 0. The molecule has 0 heterocycles. The Labute approximate surface area is 125 Å². The summed E-state index contributed by atoms with van der Waals surface area (Å²) in [4.78, 5) is 0. The smallest absolute Gasteiger partial charge is 0.0823 e. The van der Waals surface area contributed by atoms with Gasteiger partial charge >= 0.3 is 0 Å². The molecule has 2 aromatic rings. The Morgan fingerprint density at radius 3 is 2.57 bits per heavy atom. The molecule has 0 aliphatic heterocycles. The molecule has 110 valence electrons. The molecule has 1 unspecified atom stereocenters. The van der Waals surface area contributed by atoms with Crippen molar-refractivity contribution < 1.29 is 9.84 Å². The van der Waals surface area contributed by atoms with Crippen LogP contribution in [0.5, 0.6) is 0 Å². The summed E-state index contributed by atoms with van der Waals surface area (Å²) < 4.78 is 5.68. The van der Waals surface area contributed by atoms with Gasteiger partial charge in [0.15, 0.2) is 0 Å². The van der Waals surface area contributed by atoms with Gasteiger partial charge in [-0.15, -0.1) is 0 Å². The molecule has 2 heteroatoms. The average molecular weight is 282 g/mol. The van der Waals surface area contributed by atoms with Crippen molar-refractivity contribution in [1.82, 2.24) is 0 Å². The molecule has 1 N–H and O–H groups in total. The molecule has 21 heavy (non-hydrogen) atoms. The molecule has 1 saturated carbocycles. The van der Waals surface area contributed by atoms with E-state index in [0.717, 1.165) is 31.2 Å². The van der Waals surface area contributed by atoms with Crippen LogP contribution >= 0.6 is 0 Å². The van der Waals surface area contributed by atoms with E-state index in [2.05, 4.69) is 30.3 Å². The molecule has 0 saturated heterocycles. The maximum Gasteiger partial charge on any atom is 0.0823 e. The van der Waals surface area contributed by atoms with Crippen LogP contribution in [0.15, 0.2) is 30.3 Å². The van der Waals surface area contributed by atoms with Crippen molar-refractivity contribution in [3.05, 3.63) is 47.0 Å². The van der Waals surface area contributed by atoms with E-state index < -0.39 is 6.10 Å². The Morgan fingerprint density at radius 2 is 1.90 bits per heavy atom. The molecule has 4 rings (SSSR count). The van der Waals surface area contributed by atoms with Crippen LogP contribution in [-0.4, -0.2) is 17.8 Å². The fraction of sp³-hybridized carbons (Fsp3) is 0.474. The Morgan fingerprint density at radius 1 is 1.14 bits per heavy atom. The zero-order chi connectivity index (χ0) is 14.4. The topological polar surface area (TPSA) is 29.5 Å². The van der Waals surface area contributed by atoms with E-state index in [1.165, 1.54) is 28.3 Å². The quantitative estimate of drug-likeness (QED) is 0.920. The molecular weight excluding hydrogens is 260 g/mol. The average Bonchev–Trinajstić information content (AvgIpc) is 2.88. The van der Waals surface area contributed by atoms with E-state index in [1.807, 2.05) is 0 Å². The van der Waals surface area contributed by atoms with Gasteiger partial charge in [-0.05, 0) is 59.6 Å². The summed E-state index contributed by atoms with van der Waals surface area (Å²) in [6.07, 6.45) is 5.90. The SMILES string of the molecule is COC1(CC(O)c2ccc3c4c(cccc24)CC3)CCC1. The molecule has 0 spiro atoms. The monoisotopic (exact) mass is 282 g/mol. The highest BCUT2D eigenvalue weighted by Gasteiger charge is 2.39. The van der Waals surface area contributed by atoms with Gasteiger partial charge in [0.2, 0.25) is 0 Å². The summed E-state index contributed by atoms with van der Waals surface area (Å²) in [5.41, 5.74) is 3.84. The zero-order valence-electron chi connectivity index (χ0n) is 12.6. The molecule has 0 aromatic heterocycles. The first-order valence-corrected chi connectivity index (χ1v) is 7.99. The van der Waals surface area contributed by atoms with Crippen molar-refractivity contribution in [2.75, 3.05) is 7.11 Å². The van der Waals surface area contributed by atoms with Crippen molar-refractivity contribution in [1.29, 1.82) is 0 Å². The lowest BCUT2D eigenvalue weighted by Gasteiger charge is -2.42. The molecule has 1 fully saturated rings. The van der Waals surface area contributed by atoms with E-state index in [0.29, 0.717) is 6.42 Å². The first-order valence-electron chi connectivity index (χ1n) is 7.99. The van der Waals surface area contributed by atoms with E-state index in [9.17, 15) is 5.11 Å². The molecule has 2 aromatic carbocycles. The van der Waals surface area contributed by atoms with E-state index in [1.54, 1.807) is 7.11 Å². The Bertz CT molecular complexity index is 670. The van der Waals surface area contributed by atoms with Crippen LogP contribution in [0.2, 0.25) is 0 Å². The van der Waals surface area contributed by atoms with Crippen molar-refractivity contribution in [3.8, 4) is 0 Å². The highest BCUT2D eigenvalue weighted by Crippen LogP contribution is 2.43. The predicted octanol–water partition coefficient (Wildman–Crippen LogP) is 3.93.